The number of halogens is 1. The molecule has 0 radical (unpaired) electrons. The monoisotopic (exact) mass is 296 g/mol. The van der Waals surface area contributed by atoms with Gasteiger partial charge in [-0.3, -0.25) is 0 Å². The minimum atomic E-state index is -0.215. The third kappa shape index (κ3) is 2.82. The second-order valence-corrected chi connectivity index (χ2v) is 5.34. The predicted octanol–water partition coefficient (Wildman–Crippen LogP) is 2.61. The first kappa shape index (κ1) is 14.2. The van der Waals surface area contributed by atoms with E-state index < -0.39 is 0 Å². The van der Waals surface area contributed by atoms with E-state index in [4.69, 9.17) is 11.0 Å². The Morgan fingerprint density at radius 3 is 2.18 bits per heavy atom. The summed E-state index contributed by atoms with van der Waals surface area (Å²) >= 11 is 0. The van der Waals surface area contributed by atoms with E-state index in [1.807, 2.05) is 6.07 Å². The summed E-state index contributed by atoms with van der Waals surface area (Å²) in [6, 6.07) is 14.1. The van der Waals surface area contributed by atoms with Crippen LogP contribution in [0.2, 0.25) is 0 Å². The van der Waals surface area contributed by atoms with Gasteiger partial charge in [-0.1, -0.05) is 0 Å². The summed E-state index contributed by atoms with van der Waals surface area (Å²) in [4.78, 5) is 4.45. The minimum Gasteiger partial charge on any atom is -0.397 e. The molecule has 1 heterocycles. The van der Waals surface area contributed by atoms with Crippen molar-refractivity contribution in [3.63, 3.8) is 0 Å². The minimum absolute atomic E-state index is 0.215. The van der Waals surface area contributed by atoms with Gasteiger partial charge in [0.05, 0.1) is 23.0 Å². The number of rotatable bonds is 2. The molecule has 2 N–H and O–H groups in total. The van der Waals surface area contributed by atoms with Gasteiger partial charge in [-0.25, -0.2) is 4.39 Å². The Hall–Kier alpha value is -2.74. The Kier molecular flexibility index (Phi) is 3.84. The molecular formula is C17H17FN4. The highest BCUT2D eigenvalue weighted by atomic mass is 19.1. The molecule has 1 aliphatic heterocycles. The van der Waals surface area contributed by atoms with E-state index in [9.17, 15) is 4.39 Å². The van der Waals surface area contributed by atoms with E-state index >= 15 is 0 Å². The highest BCUT2D eigenvalue weighted by Gasteiger charge is 2.19. The van der Waals surface area contributed by atoms with Crippen molar-refractivity contribution in [3.8, 4) is 6.07 Å². The first-order valence-corrected chi connectivity index (χ1v) is 7.22. The molecule has 0 saturated carbocycles. The molecule has 0 unspecified atom stereocenters. The summed E-state index contributed by atoms with van der Waals surface area (Å²) in [6.07, 6.45) is 0. The van der Waals surface area contributed by atoms with Crippen LogP contribution in [0.5, 0.6) is 0 Å². The number of anilines is 3. The lowest BCUT2D eigenvalue weighted by molar-refractivity contribution is 0.625. The molecule has 22 heavy (non-hydrogen) atoms. The molecule has 0 amide bonds. The summed E-state index contributed by atoms with van der Waals surface area (Å²) < 4.78 is 13.0. The van der Waals surface area contributed by atoms with Gasteiger partial charge >= 0.3 is 0 Å². The summed E-state index contributed by atoms with van der Waals surface area (Å²) in [5, 5.41) is 8.89. The average molecular weight is 296 g/mol. The van der Waals surface area contributed by atoms with Gasteiger partial charge in [0.15, 0.2) is 0 Å². The maximum Gasteiger partial charge on any atom is 0.123 e. The van der Waals surface area contributed by atoms with Crippen molar-refractivity contribution >= 4 is 17.1 Å². The smallest absolute Gasteiger partial charge is 0.123 e. The van der Waals surface area contributed by atoms with Crippen LogP contribution in [0.15, 0.2) is 42.5 Å². The Bertz CT molecular complexity index is 698. The molecule has 4 nitrogen and oxygen atoms in total. The lowest BCUT2D eigenvalue weighted by Crippen LogP contribution is -2.46. The number of hydrogen-bond donors (Lipinski definition) is 1. The zero-order chi connectivity index (χ0) is 15.5. The van der Waals surface area contributed by atoms with Gasteiger partial charge in [0.25, 0.3) is 0 Å². The van der Waals surface area contributed by atoms with Gasteiger partial charge < -0.3 is 15.5 Å². The number of nitriles is 1. The highest BCUT2D eigenvalue weighted by molar-refractivity contribution is 5.70. The molecule has 1 saturated heterocycles. The number of hydrogen-bond acceptors (Lipinski definition) is 4. The lowest BCUT2D eigenvalue weighted by Gasteiger charge is -2.37. The average Bonchev–Trinajstić information content (AvgIpc) is 2.56. The van der Waals surface area contributed by atoms with Crippen molar-refractivity contribution in [2.75, 3.05) is 41.7 Å². The van der Waals surface area contributed by atoms with Crippen LogP contribution in [0, 0.1) is 17.1 Å². The van der Waals surface area contributed by atoms with Crippen molar-refractivity contribution in [2.24, 2.45) is 0 Å². The molecule has 0 bridgehead atoms. The molecule has 2 aromatic carbocycles. The quantitative estimate of drug-likeness (QED) is 0.866. The van der Waals surface area contributed by atoms with Gasteiger partial charge in [0, 0.05) is 31.9 Å². The van der Waals surface area contributed by atoms with Crippen LogP contribution in [0.1, 0.15) is 5.56 Å². The van der Waals surface area contributed by atoms with Crippen molar-refractivity contribution in [2.45, 2.75) is 0 Å². The van der Waals surface area contributed by atoms with Gasteiger partial charge in [0.2, 0.25) is 0 Å². The molecule has 0 spiro atoms. The molecule has 2 aromatic rings. The van der Waals surface area contributed by atoms with E-state index in [1.54, 1.807) is 24.3 Å². The molecule has 5 heteroatoms. The Labute approximate surface area is 129 Å². The third-order valence-corrected chi connectivity index (χ3v) is 3.97. The fourth-order valence-electron chi connectivity index (χ4n) is 2.77. The fourth-order valence-corrected chi connectivity index (χ4v) is 2.77. The Balaban J connectivity index is 1.69. The maximum atomic E-state index is 13.0. The maximum absolute atomic E-state index is 13.0. The highest BCUT2D eigenvalue weighted by Crippen LogP contribution is 2.26. The van der Waals surface area contributed by atoms with Crippen LogP contribution in [-0.4, -0.2) is 26.2 Å². The summed E-state index contributed by atoms with van der Waals surface area (Å²) in [5.74, 6) is -0.215. The zero-order valence-electron chi connectivity index (χ0n) is 12.2. The van der Waals surface area contributed by atoms with E-state index in [-0.39, 0.29) is 5.82 Å². The Morgan fingerprint density at radius 1 is 0.955 bits per heavy atom. The molecule has 0 atom stereocenters. The van der Waals surface area contributed by atoms with Gasteiger partial charge in [-0.15, -0.1) is 0 Å². The van der Waals surface area contributed by atoms with Crippen LogP contribution in [0.4, 0.5) is 21.5 Å². The first-order chi connectivity index (χ1) is 10.7. The predicted molar refractivity (Wildman–Crippen MR) is 86.4 cm³/mol. The van der Waals surface area contributed by atoms with E-state index in [0.29, 0.717) is 11.3 Å². The largest absolute Gasteiger partial charge is 0.397 e. The molecule has 0 aliphatic carbocycles. The Morgan fingerprint density at radius 2 is 1.59 bits per heavy atom. The second kappa shape index (κ2) is 5.94. The number of piperazine rings is 1. The van der Waals surface area contributed by atoms with Crippen molar-refractivity contribution in [1.82, 2.24) is 0 Å². The summed E-state index contributed by atoms with van der Waals surface area (Å²) in [5.41, 5.74) is 9.26. The standard InChI is InChI=1S/C17H17FN4/c18-14-2-4-15(5-3-14)21-7-9-22(10-8-21)17-6-1-13(12-19)11-16(17)20/h1-6,11H,7-10,20H2. The van der Waals surface area contributed by atoms with E-state index in [0.717, 1.165) is 37.6 Å². The normalized spacial score (nSPS) is 14.7. The fraction of sp³-hybridized carbons (Fsp3) is 0.235. The van der Waals surface area contributed by atoms with Crippen molar-refractivity contribution < 1.29 is 4.39 Å². The number of nitrogens with two attached hydrogens (primary N) is 1. The number of nitrogens with zero attached hydrogens (tertiary/aromatic N) is 3. The van der Waals surface area contributed by atoms with E-state index in [2.05, 4.69) is 15.9 Å². The molecule has 0 aromatic heterocycles. The van der Waals surface area contributed by atoms with Crippen LogP contribution in [0.3, 0.4) is 0 Å². The lowest BCUT2D eigenvalue weighted by atomic mass is 10.1. The topological polar surface area (TPSA) is 56.3 Å². The summed E-state index contributed by atoms with van der Waals surface area (Å²) in [6.45, 7) is 3.39. The van der Waals surface area contributed by atoms with Crippen LogP contribution < -0.4 is 15.5 Å². The van der Waals surface area contributed by atoms with Crippen LogP contribution in [0.25, 0.3) is 0 Å². The number of benzene rings is 2. The SMILES string of the molecule is N#Cc1ccc(N2CCN(c3ccc(F)cc3)CC2)c(N)c1. The first-order valence-electron chi connectivity index (χ1n) is 7.22. The molecule has 3 rings (SSSR count). The summed E-state index contributed by atoms with van der Waals surface area (Å²) in [7, 11) is 0. The zero-order valence-corrected chi connectivity index (χ0v) is 12.2. The van der Waals surface area contributed by atoms with Gasteiger partial charge in [-0.2, -0.15) is 5.26 Å². The molecule has 1 fully saturated rings. The molecule has 1 aliphatic rings. The number of nitrogen functional groups attached to an aromatic ring is 1. The van der Waals surface area contributed by atoms with Crippen LogP contribution >= 0.6 is 0 Å². The third-order valence-electron chi connectivity index (χ3n) is 3.97. The van der Waals surface area contributed by atoms with Crippen molar-refractivity contribution in [3.05, 3.63) is 53.8 Å². The van der Waals surface area contributed by atoms with E-state index in [1.165, 1.54) is 12.1 Å². The molecule has 112 valence electrons. The van der Waals surface area contributed by atoms with Gasteiger partial charge in [-0.05, 0) is 42.5 Å². The van der Waals surface area contributed by atoms with Crippen molar-refractivity contribution in [1.29, 1.82) is 5.26 Å². The van der Waals surface area contributed by atoms with Gasteiger partial charge in [0.1, 0.15) is 5.82 Å². The molecular weight excluding hydrogens is 279 g/mol. The van der Waals surface area contributed by atoms with Crippen LogP contribution in [-0.2, 0) is 0 Å². The second-order valence-electron chi connectivity index (χ2n) is 5.34.